The van der Waals surface area contributed by atoms with Gasteiger partial charge in [-0.2, -0.15) is 0 Å². The maximum Gasteiger partial charge on any atom is 0.240 e. The standard InChI is InChI=1S/C16H19ClN4OS/c1-12-10-18-16(23-12)19-15(22)11-20-6-8-21(9-7-20)14-4-2-13(17)3-5-14/h2-5,10H,6-9,11H2,1H3,(H,18,19,22). The summed E-state index contributed by atoms with van der Waals surface area (Å²) in [7, 11) is 0. The van der Waals surface area contributed by atoms with Crippen LogP contribution in [0.25, 0.3) is 0 Å². The molecule has 0 atom stereocenters. The van der Waals surface area contributed by atoms with Gasteiger partial charge in [-0.05, 0) is 31.2 Å². The number of nitrogens with one attached hydrogen (secondary N) is 1. The van der Waals surface area contributed by atoms with Crippen LogP contribution in [0.2, 0.25) is 5.02 Å². The predicted molar refractivity (Wildman–Crippen MR) is 95.6 cm³/mol. The van der Waals surface area contributed by atoms with E-state index in [-0.39, 0.29) is 5.91 Å². The molecule has 2 aromatic rings. The molecular weight excluding hydrogens is 332 g/mol. The minimum absolute atomic E-state index is 0.000655. The quantitative estimate of drug-likeness (QED) is 0.921. The predicted octanol–water partition coefficient (Wildman–Crippen LogP) is 2.87. The third kappa shape index (κ3) is 4.43. The van der Waals surface area contributed by atoms with Crippen molar-refractivity contribution in [3.8, 4) is 0 Å². The van der Waals surface area contributed by atoms with Gasteiger partial charge in [0.05, 0.1) is 6.54 Å². The normalized spacial score (nSPS) is 15.7. The van der Waals surface area contributed by atoms with Gasteiger partial charge in [-0.15, -0.1) is 11.3 Å². The number of thiazole rings is 1. The van der Waals surface area contributed by atoms with E-state index >= 15 is 0 Å². The average Bonchev–Trinajstić information content (AvgIpc) is 2.94. The molecule has 1 saturated heterocycles. The Balaban J connectivity index is 1.47. The first-order chi connectivity index (χ1) is 11.1. The van der Waals surface area contributed by atoms with Crippen molar-refractivity contribution in [1.82, 2.24) is 9.88 Å². The molecule has 1 N–H and O–H groups in total. The highest BCUT2D eigenvalue weighted by Gasteiger charge is 2.19. The van der Waals surface area contributed by atoms with Crippen LogP contribution in [0.15, 0.2) is 30.5 Å². The molecule has 1 aromatic carbocycles. The van der Waals surface area contributed by atoms with Gasteiger partial charge >= 0.3 is 0 Å². The number of carbonyl (C=O) groups is 1. The smallest absolute Gasteiger partial charge is 0.240 e. The zero-order valence-electron chi connectivity index (χ0n) is 13.0. The SMILES string of the molecule is Cc1cnc(NC(=O)CN2CCN(c3ccc(Cl)cc3)CC2)s1. The Morgan fingerprint density at radius 1 is 1.26 bits per heavy atom. The summed E-state index contributed by atoms with van der Waals surface area (Å²) in [5.41, 5.74) is 1.18. The van der Waals surface area contributed by atoms with Crippen LogP contribution in [0.3, 0.4) is 0 Å². The summed E-state index contributed by atoms with van der Waals surface area (Å²) >= 11 is 7.42. The third-order valence-electron chi connectivity index (χ3n) is 3.80. The largest absolute Gasteiger partial charge is 0.369 e. The molecule has 1 aromatic heterocycles. The van der Waals surface area contributed by atoms with Gasteiger partial charge < -0.3 is 10.2 Å². The summed E-state index contributed by atoms with van der Waals surface area (Å²) in [6.45, 7) is 5.94. The van der Waals surface area contributed by atoms with Crippen molar-refractivity contribution in [2.45, 2.75) is 6.92 Å². The number of hydrogen-bond donors (Lipinski definition) is 1. The number of carbonyl (C=O) groups excluding carboxylic acids is 1. The second-order valence-electron chi connectivity index (χ2n) is 5.56. The van der Waals surface area contributed by atoms with Gasteiger partial charge in [0, 0.05) is 48.0 Å². The molecule has 2 heterocycles. The summed E-state index contributed by atoms with van der Waals surface area (Å²) in [6, 6.07) is 7.89. The van der Waals surface area contributed by atoms with Crippen LogP contribution in [0.1, 0.15) is 4.88 Å². The number of hydrogen-bond acceptors (Lipinski definition) is 5. The number of rotatable bonds is 4. The number of aryl methyl sites for hydroxylation is 1. The van der Waals surface area contributed by atoms with Crippen molar-refractivity contribution in [1.29, 1.82) is 0 Å². The average molecular weight is 351 g/mol. The van der Waals surface area contributed by atoms with E-state index < -0.39 is 0 Å². The molecule has 7 heteroatoms. The van der Waals surface area contributed by atoms with Gasteiger partial charge in [0.25, 0.3) is 0 Å². The number of anilines is 2. The molecule has 1 fully saturated rings. The van der Waals surface area contributed by atoms with Crippen LogP contribution in [-0.2, 0) is 4.79 Å². The summed E-state index contributed by atoms with van der Waals surface area (Å²) < 4.78 is 0. The van der Waals surface area contributed by atoms with E-state index in [0.29, 0.717) is 11.7 Å². The second kappa shape index (κ2) is 7.29. The van der Waals surface area contributed by atoms with E-state index in [1.807, 2.05) is 31.2 Å². The topological polar surface area (TPSA) is 48.5 Å². The molecule has 1 aliphatic rings. The summed E-state index contributed by atoms with van der Waals surface area (Å²) in [5.74, 6) is -0.000655. The Morgan fingerprint density at radius 3 is 2.57 bits per heavy atom. The minimum Gasteiger partial charge on any atom is -0.369 e. The van der Waals surface area contributed by atoms with Crippen LogP contribution < -0.4 is 10.2 Å². The van der Waals surface area contributed by atoms with Gasteiger partial charge in [0.2, 0.25) is 5.91 Å². The molecule has 0 spiro atoms. The van der Waals surface area contributed by atoms with Crippen molar-refractivity contribution in [2.24, 2.45) is 0 Å². The molecular formula is C16H19ClN4OS. The van der Waals surface area contributed by atoms with E-state index in [1.165, 1.54) is 17.0 Å². The van der Waals surface area contributed by atoms with Crippen molar-refractivity contribution < 1.29 is 4.79 Å². The molecule has 1 amide bonds. The lowest BCUT2D eigenvalue weighted by molar-refractivity contribution is -0.117. The number of aromatic nitrogens is 1. The fraction of sp³-hybridized carbons (Fsp3) is 0.375. The maximum absolute atomic E-state index is 12.1. The van der Waals surface area contributed by atoms with Crippen molar-refractivity contribution >= 4 is 39.7 Å². The van der Waals surface area contributed by atoms with Gasteiger partial charge in [-0.25, -0.2) is 4.98 Å². The first-order valence-electron chi connectivity index (χ1n) is 7.55. The van der Waals surface area contributed by atoms with Crippen molar-refractivity contribution in [3.05, 3.63) is 40.4 Å². The molecule has 0 radical (unpaired) electrons. The summed E-state index contributed by atoms with van der Waals surface area (Å²) in [6.07, 6.45) is 1.77. The van der Waals surface area contributed by atoms with E-state index in [4.69, 9.17) is 11.6 Å². The zero-order chi connectivity index (χ0) is 16.2. The molecule has 0 aliphatic carbocycles. The molecule has 3 rings (SSSR count). The molecule has 0 bridgehead atoms. The fourth-order valence-corrected chi connectivity index (χ4v) is 3.40. The minimum atomic E-state index is -0.000655. The van der Waals surface area contributed by atoms with Gasteiger partial charge in [-0.1, -0.05) is 11.6 Å². The van der Waals surface area contributed by atoms with Crippen LogP contribution in [0.5, 0.6) is 0 Å². The highest BCUT2D eigenvalue weighted by molar-refractivity contribution is 7.15. The Bertz CT molecular complexity index is 665. The van der Waals surface area contributed by atoms with Crippen molar-refractivity contribution in [2.75, 3.05) is 42.9 Å². The second-order valence-corrected chi connectivity index (χ2v) is 7.24. The number of halogens is 1. The Labute approximate surface area is 144 Å². The number of benzene rings is 1. The molecule has 0 unspecified atom stereocenters. The maximum atomic E-state index is 12.1. The Morgan fingerprint density at radius 2 is 1.96 bits per heavy atom. The van der Waals surface area contributed by atoms with Gasteiger partial charge in [0.1, 0.15) is 0 Å². The molecule has 5 nitrogen and oxygen atoms in total. The Hall–Kier alpha value is -1.63. The number of amides is 1. The highest BCUT2D eigenvalue weighted by atomic mass is 35.5. The van der Waals surface area contributed by atoms with Crippen LogP contribution in [-0.4, -0.2) is 48.5 Å². The van der Waals surface area contributed by atoms with Crippen molar-refractivity contribution in [3.63, 3.8) is 0 Å². The lowest BCUT2D eigenvalue weighted by Crippen LogP contribution is -2.48. The first kappa shape index (κ1) is 16.2. The van der Waals surface area contributed by atoms with Gasteiger partial charge in [0.15, 0.2) is 5.13 Å². The van der Waals surface area contributed by atoms with Crippen LogP contribution in [0, 0.1) is 6.92 Å². The summed E-state index contributed by atoms with van der Waals surface area (Å²) in [5, 5.41) is 4.28. The number of nitrogens with zero attached hydrogens (tertiary/aromatic N) is 3. The lowest BCUT2D eigenvalue weighted by Gasteiger charge is -2.35. The molecule has 122 valence electrons. The van der Waals surface area contributed by atoms with E-state index in [9.17, 15) is 4.79 Å². The highest BCUT2D eigenvalue weighted by Crippen LogP contribution is 2.20. The Kier molecular flexibility index (Phi) is 5.15. The molecule has 0 saturated carbocycles. The summed E-state index contributed by atoms with van der Waals surface area (Å²) in [4.78, 5) is 21.8. The number of piperazine rings is 1. The molecule has 1 aliphatic heterocycles. The van der Waals surface area contributed by atoms with E-state index in [1.54, 1.807) is 6.20 Å². The lowest BCUT2D eigenvalue weighted by atomic mass is 10.2. The van der Waals surface area contributed by atoms with Crippen LogP contribution >= 0.6 is 22.9 Å². The zero-order valence-corrected chi connectivity index (χ0v) is 14.5. The van der Waals surface area contributed by atoms with Gasteiger partial charge in [-0.3, -0.25) is 9.69 Å². The van der Waals surface area contributed by atoms with Crippen LogP contribution in [0.4, 0.5) is 10.8 Å². The fourth-order valence-electron chi connectivity index (χ4n) is 2.59. The van der Waals surface area contributed by atoms with E-state index in [0.717, 1.165) is 36.1 Å². The van der Waals surface area contributed by atoms with E-state index in [2.05, 4.69) is 20.1 Å². The first-order valence-corrected chi connectivity index (χ1v) is 8.75. The third-order valence-corrected chi connectivity index (χ3v) is 4.88. The monoisotopic (exact) mass is 350 g/mol. The molecule has 23 heavy (non-hydrogen) atoms.